The predicted molar refractivity (Wildman–Crippen MR) is 109 cm³/mol. The molecule has 0 bridgehead atoms. The van der Waals surface area contributed by atoms with Gasteiger partial charge in [-0.1, -0.05) is 72.4 Å². The van der Waals surface area contributed by atoms with Crippen LogP contribution >= 0.6 is 11.8 Å². The molecule has 4 rings (SSSR count). The molecule has 0 atom stereocenters. The Morgan fingerprint density at radius 3 is 2.64 bits per heavy atom. The molecule has 1 amide bonds. The second kappa shape index (κ2) is 8.45. The third-order valence-corrected chi connectivity index (χ3v) is 4.84. The third-order valence-electron chi connectivity index (χ3n) is 3.84. The summed E-state index contributed by atoms with van der Waals surface area (Å²) in [5, 5.41) is 8.96. The van der Waals surface area contributed by atoms with E-state index in [9.17, 15) is 4.79 Å². The van der Waals surface area contributed by atoms with Gasteiger partial charge >= 0.3 is 0 Å². The first kappa shape index (κ1) is 17.9. The van der Waals surface area contributed by atoms with E-state index in [0.717, 1.165) is 21.8 Å². The number of carbonyl (C=O) groups is 1. The largest absolute Gasteiger partial charge is 0.272 e. The molecule has 0 saturated carbocycles. The maximum Gasteiger partial charge on any atom is 0.253 e. The van der Waals surface area contributed by atoms with Crippen LogP contribution in [0.25, 0.3) is 17.0 Å². The van der Waals surface area contributed by atoms with E-state index in [-0.39, 0.29) is 11.7 Å². The second-order valence-corrected chi connectivity index (χ2v) is 6.81. The molecule has 4 aromatic rings. The predicted octanol–water partition coefficient (Wildman–Crippen LogP) is 3.03. The lowest BCUT2D eigenvalue weighted by Crippen LogP contribution is -2.19. The zero-order chi connectivity index (χ0) is 19.2. The van der Waals surface area contributed by atoms with Crippen LogP contribution in [0.1, 0.15) is 5.56 Å². The second-order valence-electron chi connectivity index (χ2n) is 5.81. The molecular formula is C20H16N6OS. The molecule has 0 radical (unpaired) electrons. The van der Waals surface area contributed by atoms with Gasteiger partial charge in [0.2, 0.25) is 5.91 Å². The van der Waals surface area contributed by atoms with E-state index >= 15 is 0 Å². The van der Waals surface area contributed by atoms with E-state index in [4.69, 9.17) is 0 Å². The lowest BCUT2D eigenvalue weighted by atomic mass is 10.1. The SMILES string of the molecule is O=C(CSc1cc(-c2ccccc2)nc2ncnn12)N/N=C/c1ccccc1. The van der Waals surface area contributed by atoms with Crippen LogP contribution in [-0.4, -0.2) is 37.5 Å². The molecular weight excluding hydrogens is 372 g/mol. The average Bonchev–Trinajstić information content (AvgIpc) is 3.22. The summed E-state index contributed by atoms with van der Waals surface area (Å²) >= 11 is 1.35. The molecule has 0 fully saturated rings. The molecule has 2 aromatic carbocycles. The Bertz CT molecular complexity index is 1110. The van der Waals surface area contributed by atoms with Crippen molar-refractivity contribution in [1.82, 2.24) is 25.0 Å². The molecule has 0 aliphatic carbocycles. The summed E-state index contributed by atoms with van der Waals surface area (Å²) in [6, 6.07) is 21.3. The van der Waals surface area contributed by atoms with Gasteiger partial charge in [0.05, 0.1) is 17.7 Å². The summed E-state index contributed by atoms with van der Waals surface area (Å²) in [6.45, 7) is 0. The van der Waals surface area contributed by atoms with E-state index in [1.165, 1.54) is 18.1 Å². The summed E-state index contributed by atoms with van der Waals surface area (Å²) in [4.78, 5) is 20.8. The molecule has 0 saturated heterocycles. The molecule has 7 nitrogen and oxygen atoms in total. The molecule has 28 heavy (non-hydrogen) atoms. The lowest BCUT2D eigenvalue weighted by Gasteiger charge is -2.07. The van der Waals surface area contributed by atoms with Gasteiger partial charge in [-0.25, -0.2) is 10.4 Å². The van der Waals surface area contributed by atoms with Crippen LogP contribution in [0.5, 0.6) is 0 Å². The molecule has 0 aliphatic heterocycles. The standard InChI is InChI=1S/C20H16N6OS/c27-18(25-22-12-15-7-3-1-4-8-15)13-28-19-11-17(16-9-5-2-6-10-16)24-20-21-14-23-26(19)20/h1-12,14H,13H2,(H,25,27)/b22-12+. The number of hydrazone groups is 1. The van der Waals surface area contributed by atoms with Crippen LogP contribution in [0.3, 0.4) is 0 Å². The van der Waals surface area contributed by atoms with Gasteiger partial charge in [-0.2, -0.15) is 19.7 Å². The van der Waals surface area contributed by atoms with Gasteiger partial charge in [0.25, 0.3) is 5.78 Å². The van der Waals surface area contributed by atoms with Gasteiger partial charge in [-0.15, -0.1) is 0 Å². The molecule has 2 aromatic heterocycles. The molecule has 1 N–H and O–H groups in total. The van der Waals surface area contributed by atoms with E-state index in [2.05, 4.69) is 25.6 Å². The maximum atomic E-state index is 12.1. The Kier molecular flexibility index (Phi) is 5.39. The fraction of sp³-hybridized carbons (Fsp3) is 0.0500. The van der Waals surface area contributed by atoms with Crippen molar-refractivity contribution >= 4 is 29.7 Å². The summed E-state index contributed by atoms with van der Waals surface area (Å²) in [5.74, 6) is 0.481. The lowest BCUT2D eigenvalue weighted by molar-refractivity contribution is -0.118. The smallest absolute Gasteiger partial charge is 0.253 e. The minimum atomic E-state index is -0.205. The van der Waals surface area contributed by atoms with Crippen molar-refractivity contribution < 1.29 is 4.79 Å². The fourth-order valence-electron chi connectivity index (χ4n) is 2.53. The maximum absolute atomic E-state index is 12.1. The van der Waals surface area contributed by atoms with Crippen molar-refractivity contribution in [3.8, 4) is 11.3 Å². The van der Waals surface area contributed by atoms with Crippen LogP contribution in [0.15, 0.2) is 83.2 Å². The number of benzene rings is 2. The normalized spacial score (nSPS) is 11.1. The zero-order valence-corrected chi connectivity index (χ0v) is 15.6. The number of aromatic nitrogens is 4. The Morgan fingerprint density at radius 1 is 1.11 bits per heavy atom. The van der Waals surface area contributed by atoms with Crippen LogP contribution < -0.4 is 5.43 Å². The molecule has 138 valence electrons. The van der Waals surface area contributed by atoms with Crippen molar-refractivity contribution in [3.63, 3.8) is 0 Å². The third kappa shape index (κ3) is 4.24. The number of nitrogens with zero attached hydrogens (tertiary/aromatic N) is 5. The first-order valence-electron chi connectivity index (χ1n) is 8.55. The number of rotatable bonds is 6. The quantitative estimate of drug-likeness (QED) is 0.238. The highest BCUT2D eigenvalue weighted by Gasteiger charge is 2.11. The van der Waals surface area contributed by atoms with Gasteiger partial charge in [-0.3, -0.25) is 4.79 Å². The van der Waals surface area contributed by atoms with Crippen LogP contribution in [0, 0.1) is 0 Å². The molecule has 2 heterocycles. The van der Waals surface area contributed by atoms with Crippen molar-refractivity contribution in [2.45, 2.75) is 5.03 Å². The van der Waals surface area contributed by atoms with Crippen LogP contribution in [-0.2, 0) is 4.79 Å². The van der Waals surface area contributed by atoms with E-state index in [0.29, 0.717) is 5.78 Å². The number of fused-ring (bicyclic) bond motifs is 1. The van der Waals surface area contributed by atoms with Gasteiger partial charge in [0, 0.05) is 5.56 Å². The van der Waals surface area contributed by atoms with Gasteiger partial charge in [0.15, 0.2) is 0 Å². The molecule has 8 heteroatoms. The Morgan fingerprint density at radius 2 is 1.86 bits per heavy atom. The zero-order valence-electron chi connectivity index (χ0n) is 14.8. The topological polar surface area (TPSA) is 84.5 Å². The minimum Gasteiger partial charge on any atom is -0.272 e. The fourth-order valence-corrected chi connectivity index (χ4v) is 3.32. The van der Waals surface area contributed by atoms with Crippen molar-refractivity contribution in [1.29, 1.82) is 0 Å². The number of nitrogens with one attached hydrogen (secondary N) is 1. The van der Waals surface area contributed by atoms with Crippen molar-refractivity contribution in [2.24, 2.45) is 5.10 Å². The summed E-state index contributed by atoms with van der Waals surface area (Å²) in [5.41, 5.74) is 5.22. The highest BCUT2D eigenvalue weighted by atomic mass is 32.2. The number of carbonyl (C=O) groups excluding carboxylic acids is 1. The van der Waals surface area contributed by atoms with Crippen LogP contribution in [0.4, 0.5) is 0 Å². The van der Waals surface area contributed by atoms with E-state index in [1.807, 2.05) is 66.7 Å². The molecule has 0 unspecified atom stereocenters. The molecule has 0 aliphatic rings. The summed E-state index contributed by atoms with van der Waals surface area (Å²) in [7, 11) is 0. The van der Waals surface area contributed by atoms with Gasteiger partial charge in [0.1, 0.15) is 11.4 Å². The number of thioether (sulfide) groups is 1. The van der Waals surface area contributed by atoms with E-state index in [1.54, 1.807) is 10.7 Å². The first-order chi connectivity index (χ1) is 13.8. The highest BCUT2D eigenvalue weighted by molar-refractivity contribution is 7.99. The van der Waals surface area contributed by atoms with E-state index < -0.39 is 0 Å². The minimum absolute atomic E-state index is 0.194. The van der Waals surface area contributed by atoms with Gasteiger partial charge < -0.3 is 0 Å². The summed E-state index contributed by atoms with van der Waals surface area (Å²) < 4.78 is 1.62. The Balaban J connectivity index is 1.46. The van der Waals surface area contributed by atoms with Crippen molar-refractivity contribution in [2.75, 3.05) is 5.75 Å². The monoisotopic (exact) mass is 388 g/mol. The average molecular weight is 388 g/mol. The van der Waals surface area contributed by atoms with Crippen LogP contribution in [0.2, 0.25) is 0 Å². The highest BCUT2D eigenvalue weighted by Crippen LogP contribution is 2.24. The summed E-state index contributed by atoms with van der Waals surface area (Å²) in [6.07, 6.45) is 3.06. The van der Waals surface area contributed by atoms with Crippen molar-refractivity contribution in [3.05, 3.63) is 78.6 Å². The Hall–Kier alpha value is -3.52. The first-order valence-corrected chi connectivity index (χ1v) is 9.54. The number of hydrogen-bond acceptors (Lipinski definition) is 6. The van der Waals surface area contributed by atoms with Gasteiger partial charge in [-0.05, 0) is 11.6 Å². The number of hydrogen-bond donors (Lipinski definition) is 1. The number of amides is 1. The Labute approximate surface area is 165 Å². The molecule has 0 spiro atoms.